The van der Waals surface area contributed by atoms with Crippen molar-refractivity contribution in [1.29, 1.82) is 0 Å². The van der Waals surface area contributed by atoms with Crippen LogP contribution in [0.5, 0.6) is 0 Å². The van der Waals surface area contributed by atoms with Crippen molar-refractivity contribution in [2.75, 3.05) is 7.11 Å². The van der Waals surface area contributed by atoms with Gasteiger partial charge in [-0.15, -0.1) is 0 Å². The molecule has 0 unspecified atom stereocenters. The summed E-state index contributed by atoms with van der Waals surface area (Å²) < 4.78 is 28.5. The third kappa shape index (κ3) is 2.14. The predicted molar refractivity (Wildman–Crippen MR) is 57.7 cm³/mol. The summed E-state index contributed by atoms with van der Waals surface area (Å²) in [6.45, 7) is 0. The fourth-order valence-corrected chi connectivity index (χ4v) is 3.44. The second kappa shape index (κ2) is 4.40. The molecular formula is C10H12N2O4S. The number of nitrogens with zero attached hydrogens (tertiary/aromatic N) is 2. The zero-order valence-electron chi connectivity index (χ0n) is 9.24. The first kappa shape index (κ1) is 12.0. The number of hydrogen-bond donors (Lipinski definition) is 0. The SMILES string of the molecule is COC(=O)[C@H]1C[C@@H](S(=O)(=O)c2ncccn2)C1. The van der Waals surface area contributed by atoms with E-state index >= 15 is 0 Å². The van der Waals surface area contributed by atoms with Crippen LogP contribution in [0.1, 0.15) is 12.8 Å². The van der Waals surface area contributed by atoms with Gasteiger partial charge in [0.05, 0.1) is 18.3 Å². The van der Waals surface area contributed by atoms with Gasteiger partial charge in [-0.1, -0.05) is 0 Å². The minimum atomic E-state index is -3.51. The molecule has 0 N–H and O–H groups in total. The summed E-state index contributed by atoms with van der Waals surface area (Å²) >= 11 is 0. The summed E-state index contributed by atoms with van der Waals surface area (Å²) in [4.78, 5) is 18.6. The molecule has 0 radical (unpaired) electrons. The van der Waals surface area contributed by atoms with Crippen LogP contribution in [0.3, 0.4) is 0 Å². The molecule has 1 aliphatic carbocycles. The summed E-state index contributed by atoms with van der Waals surface area (Å²) in [6.07, 6.45) is 3.34. The molecule has 0 aromatic carbocycles. The van der Waals surface area contributed by atoms with Crippen molar-refractivity contribution in [3.05, 3.63) is 18.5 Å². The molecule has 0 spiro atoms. The molecule has 1 aliphatic rings. The van der Waals surface area contributed by atoms with Gasteiger partial charge < -0.3 is 4.74 Å². The first-order valence-electron chi connectivity index (χ1n) is 5.14. The van der Waals surface area contributed by atoms with E-state index in [1.165, 1.54) is 19.5 Å². The largest absolute Gasteiger partial charge is 0.469 e. The molecule has 7 heteroatoms. The van der Waals surface area contributed by atoms with E-state index in [4.69, 9.17) is 0 Å². The highest BCUT2D eigenvalue weighted by atomic mass is 32.2. The topological polar surface area (TPSA) is 86.2 Å². The first-order valence-corrected chi connectivity index (χ1v) is 6.69. The van der Waals surface area contributed by atoms with Crippen LogP contribution < -0.4 is 0 Å². The molecule has 1 fully saturated rings. The summed E-state index contributed by atoms with van der Waals surface area (Å²) in [5.74, 6) is -0.672. The van der Waals surface area contributed by atoms with Crippen LogP contribution in [0.25, 0.3) is 0 Å². The maximum absolute atomic E-state index is 12.0. The molecule has 1 saturated carbocycles. The molecule has 0 amide bonds. The molecule has 1 aromatic heterocycles. The van der Waals surface area contributed by atoms with E-state index in [1.54, 1.807) is 6.07 Å². The molecule has 0 atom stereocenters. The van der Waals surface area contributed by atoms with E-state index in [0.717, 1.165) is 0 Å². The van der Waals surface area contributed by atoms with E-state index in [-0.39, 0.29) is 29.9 Å². The minimum absolute atomic E-state index is 0.173. The average molecular weight is 256 g/mol. The highest BCUT2D eigenvalue weighted by Gasteiger charge is 2.44. The standard InChI is InChI=1S/C10H12N2O4S/c1-16-9(13)7-5-8(6-7)17(14,15)10-11-3-2-4-12-10/h2-4,7-8H,5-6H2,1H3/t7-,8+. The van der Waals surface area contributed by atoms with Crippen LogP contribution in [-0.2, 0) is 19.4 Å². The summed E-state index contributed by atoms with van der Waals surface area (Å²) in [5.41, 5.74) is 0. The fourth-order valence-electron chi connectivity index (χ4n) is 1.76. The first-order chi connectivity index (χ1) is 8.05. The minimum Gasteiger partial charge on any atom is -0.469 e. The van der Waals surface area contributed by atoms with Gasteiger partial charge >= 0.3 is 5.97 Å². The van der Waals surface area contributed by atoms with Gasteiger partial charge in [-0.3, -0.25) is 4.79 Å². The van der Waals surface area contributed by atoms with E-state index in [0.29, 0.717) is 0 Å². The van der Waals surface area contributed by atoms with Crippen LogP contribution in [0.4, 0.5) is 0 Å². The van der Waals surface area contributed by atoms with Crippen molar-refractivity contribution in [3.63, 3.8) is 0 Å². The van der Waals surface area contributed by atoms with Crippen LogP contribution in [0.15, 0.2) is 23.6 Å². The monoisotopic (exact) mass is 256 g/mol. The number of carbonyl (C=O) groups excluding carboxylic acids is 1. The number of ether oxygens (including phenoxy) is 1. The number of esters is 1. The van der Waals surface area contributed by atoms with Crippen LogP contribution in [-0.4, -0.2) is 36.7 Å². The third-order valence-corrected chi connectivity index (χ3v) is 4.85. The second-order valence-corrected chi connectivity index (χ2v) is 6.01. The van der Waals surface area contributed by atoms with E-state index in [9.17, 15) is 13.2 Å². The quantitative estimate of drug-likeness (QED) is 0.567. The Kier molecular flexibility index (Phi) is 3.10. The number of aromatic nitrogens is 2. The van der Waals surface area contributed by atoms with E-state index < -0.39 is 15.1 Å². The van der Waals surface area contributed by atoms with Crippen LogP contribution in [0.2, 0.25) is 0 Å². The fraction of sp³-hybridized carbons (Fsp3) is 0.500. The van der Waals surface area contributed by atoms with Crippen molar-refractivity contribution in [1.82, 2.24) is 9.97 Å². The highest BCUT2D eigenvalue weighted by Crippen LogP contribution is 2.35. The Morgan fingerprint density at radius 3 is 2.47 bits per heavy atom. The average Bonchev–Trinajstić information content (AvgIpc) is 2.27. The Balaban J connectivity index is 2.09. The third-order valence-electron chi connectivity index (χ3n) is 2.86. The maximum atomic E-state index is 12.0. The van der Waals surface area contributed by atoms with Gasteiger partial charge in [0.15, 0.2) is 0 Å². The molecule has 1 heterocycles. The summed E-state index contributed by atoms with van der Waals surface area (Å²) in [7, 11) is -2.21. The summed E-state index contributed by atoms with van der Waals surface area (Å²) in [5, 5.41) is -0.748. The van der Waals surface area contributed by atoms with Crippen molar-refractivity contribution in [2.24, 2.45) is 5.92 Å². The Hall–Kier alpha value is -1.50. The lowest BCUT2D eigenvalue weighted by atomic mass is 9.85. The lowest BCUT2D eigenvalue weighted by molar-refractivity contribution is -0.148. The number of rotatable bonds is 3. The van der Waals surface area contributed by atoms with E-state index in [2.05, 4.69) is 14.7 Å². The van der Waals surface area contributed by atoms with Crippen LogP contribution in [0, 0.1) is 5.92 Å². The zero-order chi connectivity index (χ0) is 12.5. The Morgan fingerprint density at radius 2 is 1.94 bits per heavy atom. The van der Waals surface area contributed by atoms with Gasteiger partial charge in [-0.25, -0.2) is 18.4 Å². The van der Waals surface area contributed by atoms with Crippen molar-refractivity contribution >= 4 is 15.8 Å². The zero-order valence-corrected chi connectivity index (χ0v) is 10.1. The molecule has 6 nitrogen and oxygen atoms in total. The number of carbonyl (C=O) groups is 1. The number of hydrogen-bond acceptors (Lipinski definition) is 6. The molecule has 2 rings (SSSR count). The maximum Gasteiger partial charge on any atom is 0.308 e. The number of methoxy groups -OCH3 is 1. The van der Waals surface area contributed by atoms with Gasteiger partial charge in [-0.05, 0) is 18.9 Å². The van der Waals surface area contributed by atoms with Crippen molar-refractivity contribution in [2.45, 2.75) is 23.2 Å². The predicted octanol–water partition coefficient (Wildman–Crippen LogP) is 0.202. The normalized spacial score (nSPS) is 23.8. The molecule has 0 saturated heterocycles. The molecule has 17 heavy (non-hydrogen) atoms. The van der Waals surface area contributed by atoms with Crippen LogP contribution >= 0.6 is 0 Å². The molecule has 0 bridgehead atoms. The number of sulfone groups is 1. The molecule has 1 aromatic rings. The molecule has 0 aliphatic heterocycles. The molecule has 92 valence electrons. The van der Waals surface area contributed by atoms with Crippen molar-refractivity contribution in [3.8, 4) is 0 Å². The van der Waals surface area contributed by atoms with Gasteiger partial charge in [0.1, 0.15) is 0 Å². The van der Waals surface area contributed by atoms with Gasteiger partial charge in [0, 0.05) is 12.4 Å². The van der Waals surface area contributed by atoms with Gasteiger partial charge in [-0.2, -0.15) is 0 Å². The van der Waals surface area contributed by atoms with Gasteiger partial charge in [0.2, 0.25) is 15.0 Å². The second-order valence-electron chi connectivity index (χ2n) is 3.89. The Morgan fingerprint density at radius 1 is 1.35 bits per heavy atom. The smallest absolute Gasteiger partial charge is 0.308 e. The van der Waals surface area contributed by atoms with Gasteiger partial charge in [0.25, 0.3) is 0 Å². The Bertz CT molecular complexity index is 508. The highest BCUT2D eigenvalue weighted by molar-refractivity contribution is 7.91. The lowest BCUT2D eigenvalue weighted by Gasteiger charge is -2.31. The van der Waals surface area contributed by atoms with Crippen molar-refractivity contribution < 1.29 is 17.9 Å². The summed E-state index contributed by atoms with van der Waals surface area (Å²) in [6, 6.07) is 1.55. The lowest BCUT2D eigenvalue weighted by Crippen LogP contribution is -2.40. The van der Waals surface area contributed by atoms with E-state index in [1.807, 2.05) is 0 Å². The Labute approximate surface area is 99.0 Å². The molecular weight excluding hydrogens is 244 g/mol.